The Morgan fingerprint density at radius 1 is 1.22 bits per heavy atom. The summed E-state index contributed by atoms with van der Waals surface area (Å²) < 4.78 is 18.1. The van der Waals surface area contributed by atoms with Gasteiger partial charge in [0.05, 0.1) is 5.92 Å². The van der Waals surface area contributed by atoms with Gasteiger partial charge in [0.2, 0.25) is 0 Å². The molecule has 2 aliphatic rings. The van der Waals surface area contributed by atoms with Crippen molar-refractivity contribution >= 4 is 5.97 Å². The predicted octanol–water partition coefficient (Wildman–Crippen LogP) is 3.31. The van der Waals surface area contributed by atoms with Crippen LogP contribution < -0.4 is 0 Å². The molecule has 2 bridgehead atoms. The number of hydrogen-bond donors (Lipinski definition) is 0. The summed E-state index contributed by atoms with van der Waals surface area (Å²) in [6.45, 7) is 0.257. The first-order valence-electron chi connectivity index (χ1n) is 6.63. The molecule has 3 rings (SSSR count). The lowest BCUT2D eigenvalue weighted by molar-refractivity contribution is -0.151. The number of esters is 1. The maximum absolute atomic E-state index is 12.7. The molecule has 0 aromatic heterocycles. The number of rotatable bonds is 3. The molecule has 0 radical (unpaired) electrons. The molecule has 0 heterocycles. The fraction of sp³-hybridized carbons (Fsp3) is 0.533. The van der Waals surface area contributed by atoms with Crippen molar-refractivity contribution in [2.75, 3.05) is 0 Å². The first-order chi connectivity index (χ1) is 8.72. The van der Waals surface area contributed by atoms with Crippen LogP contribution in [0.1, 0.15) is 31.2 Å². The molecular weight excluding hydrogens is 231 g/mol. The van der Waals surface area contributed by atoms with Crippen LogP contribution in [0.4, 0.5) is 4.39 Å². The summed E-state index contributed by atoms with van der Waals surface area (Å²) in [7, 11) is 0. The Bertz CT molecular complexity index is 440. The van der Waals surface area contributed by atoms with Crippen LogP contribution in [0.25, 0.3) is 0 Å². The Morgan fingerprint density at radius 2 is 2.00 bits per heavy atom. The van der Waals surface area contributed by atoms with E-state index in [4.69, 9.17) is 4.74 Å². The first kappa shape index (κ1) is 11.7. The molecule has 2 fully saturated rings. The van der Waals surface area contributed by atoms with Crippen LogP contribution in [-0.4, -0.2) is 5.97 Å². The molecule has 2 saturated carbocycles. The Balaban J connectivity index is 1.54. The molecule has 2 aliphatic carbocycles. The minimum Gasteiger partial charge on any atom is -0.461 e. The van der Waals surface area contributed by atoms with E-state index in [1.807, 2.05) is 0 Å². The molecule has 0 saturated heterocycles. The van der Waals surface area contributed by atoms with Gasteiger partial charge in [-0.2, -0.15) is 0 Å². The highest BCUT2D eigenvalue weighted by atomic mass is 19.1. The van der Waals surface area contributed by atoms with Crippen LogP contribution in [0.15, 0.2) is 24.3 Å². The van der Waals surface area contributed by atoms with E-state index in [0.29, 0.717) is 5.92 Å². The van der Waals surface area contributed by atoms with Gasteiger partial charge in [-0.3, -0.25) is 4.79 Å². The molecular formula is C15H17FO2. The van der Waals surface area contributed by atoms with Crippen LogP contribution in [0.3, 0.4) is 0 Å². The van der Waals surface area contributed by atoms with Crippen molar-refractivity contribution < 1.29 is 13.9 Å². The zero-order chi connectivity index (χ0) is 12.5. The highest BCUT2D eigenvalue weighted by molar-refractivity contribution is 5.73. The molecule has 1 aromatic carbocycles. The molecule has 3 unspecified atom stereocenters. The minimum atomic E-state index is -0.266. The van der Waals surface area contributed by atoms with Crippen LogP contribution in [0.2, 0.25) is 0 Å². The zero-order valence-corrected chi connectivity index (χ0v) is 10.3. The summed E-state index contributed by atoms with van der Waals surface area (Å²) in [5.74, 6) is 1.09. The van der Waals surface area contributed by atoms with Crippen molar-refractivity contribution in [1.29, 1.82) is 0 Å². The molecule has 0 spiro atoms. The van der Waals surface area contributed by atoms with Crippen LogP contribution in [0.5, 0.6) is 0 Å². The number of hydrogen-bond acceptors (Lipinski definition) is 2. The number of halogens is 1. The van der Waals surface area contributed by atoms with Gasteiger partial charge >= 0.3 is 5.97 Å². The van der Waals surface area contributed by atoms with Crippen LogP contribution >= 0.6 is 0 Å². The summed E-state index contributed by atoms with van der Waals surface area (Å²) in [5.41, 5.74) is 0.841. The van der Waals surface area contributed by atoms with Gasteiger partial charge in [0.1, 0.15) is 12.4 Å². The zero-order valence-electron chi connectivity index (χ0n) is 10.3. The topological polar surface area (TPSA) is 26.3 Å². The third-order valence-electron chi connectivity index (χ3n) is 4.34. The maximum Gasteiger partial charge on any atom is 0.309 e. The van der Waals surface area contributed by atoms with Gasteiger partial charge in [-0.15, -0.1) is 0 Å². The average molecular weight is 248 g/mol. The standard InChI is InChI=1S/C15H17FO2/c16-13-5-2-10(3-6-13)9-18-15(17)14-8-11-1-4-12(14)7-11/h2-3,5-6,11-12,14H,1,4,7-9H2. The van der Waals surface area contributed by atoms with Crippen molar-refractivity contribution in [3.63, 3.8) is 0 Å². The Hall–Kier alpha value is -1.38. The van der Waals surface area contributed by atoms with Gasteiger partial charge in [-0.1, -0.05) is 18.6 Å². The summed E-state index contributed by atoms with van der Waals surface area (Å²) in [6, 6.07) is 6.09. The van der Waals surface area contributed by atoms with Crippen molar-refractivity contribution in [3.05, 3.63) is 35.6 Å². The molecule has 0 aliphatic heterocycles. The lowest BCUT2D eigenvalue weighted by Gasteiger charge is -2.19. The summed E-state index contributed by atoms with van der Waals surface area (Å²) in [6.07, 6.45) is 4.68. The first-order valence-corrected chi connectivity index (χ1v) is 6.63. The molecule has 2 nitrogen and oxygen atoms in total. The molecule has 0 N–H and O–H groups in total. The second kappa shape index (κ2) is 4.71. The highest BCUT2D eigenvalue weighted by Gasteiger charge is 2.43. The number of ether oxygens (including phenoxy) is 1. The molecule has 0 amide bonds. The summed E-state index contributed by atoms with van der Waals surface area (Å²) in [5, 5.41) is 0. The fourth-order valence-electron chi connectivity index (χ4n) is 3.38. The molecule has 3 heteroatoms. The van der Waals surface area contributed by atoms with E-state index in [1.165, 1.54) is 31.4 Å². The Labute approximate surface area is 106 Å². The van der Waals surface area contributed by atoms with E-state index in [1.54, 1.807) is 12.1 Å². The van der Waals surface area contributed by atoms with Gasteiger partial charge in [0.15, 0.2) is 0 Å². The van der Waals surface area contributed by atoms with Gasteiger partial charge in [-0.25, -0.2) is 4.39 Å². The van der Waals surface area contributed by atoms with Crippen molar-refractivity contribution in [3.8, 4) is 0 Å². The Morgan fingerprint density at radius 3 is 2.61 bits per heavy atom. The average Bonchev–Trinajstić information content (AvgIpc) is 3.00. The quantitative estimate of drug-likeness (QED) is 0.767. The lowest BCUT2D eigenvalue weighted by atomic mass is 9.89. The Kier molecular flexibility index (Phi) is 3.06. The van der Waals surface area contributed by atoms with Crippen molar-refractivity contribution in [1.82, 2.24) is 0 Å². The van der Waals surface area contributed by atoms with Gasteiger partial charge in [-0.05, 0) is 48.8 Å². The van der Waals surface area contributed by atoms with Crippen molar-refractivity contribution in [2.24, 2.45) is 17.8 Å². The molecule has 96 valence electrons. The third-order valence-corrected chi connectivity index (χ3v) is 4.34. The third kappa shape index (κ3) is 2.26. The van der Waals surface area contributed by atoms with Gasteiger partial charge in [0, 0.05) is 0 Å². The SMILES string of the molecule is O=C(OCc1ccc(F)cc1)C1CC2CCC1C2. The van der Waals surface area contributed by atoms with E-state index >= 15 is 0 Å². The lowest BCUT2D eigenvalue weighted by Crippen LogP contribution is -2.23. The molecule has 1 aromatic rings. The summed E-state index contributed by atoms with van der Waals surface area (Å²) in [4.78, 5) is 12.0. The fourth-order valence-corrected chi connectivity index (χ4v) is 3.38. The van der Waals surface area contributed by atoms with E-state index in [-0.39, 0.29) is 24.3 Å². The minimum absolute atomic E-state index is 0.0634. The molecule has 18 heavy (non-hydrogen) atoms. The molecule has 3 atom stereocenters. The second-order valence-electron chi connectivity index (χ2n) is 5.52. The number of carbonyl (C=O) groups excluding carboxylic acids is 1. The second-order valence-corrected chi connectivity index (χ2v) is 5.52. The largest absolute Gasteiger partial charge is 0.461 e. The van der Waals surface area contributed by atoms with E-state index in [2.05, 4.69) is 0 Å². The van der Waals surface area contributed by atoms with E-state index < -0.39 is 0 Å². The van der Waals surface area contributed by atoms with Gasteiger partial charge < -0.3 is 4.74 Å². The predicted molar refractivity (Wildman–Crippen MR) is 65.1 cm³/mol. The normalized spacial score (nSPS) is 29.5. The smallest absolute Gasteiger partial charge is 0.309 e. The number of benzene rings is 1. The number of fused-ring (bicyclic) bond motifs is 2. The van der Waals surface area contributed by atoms with Crippen molar-refractivity contribution in [2.45, 2.75) is 32.3 Å². The van der Waals surface area contributed by atoms with Crippen LogP contribution in [0, 0.1) is 23.6 Å². The monoisotopic (exact) mass is 248 g/mol. The maximum atomic E-state index is 12.7. The van der Waals surface area contributed by atoms with E-state index in [0.717, 1.165) is 17.9 Å². The highest BCUT2D eigenvalue weighted by Crippen LogP contribution is 2.48. The summed E-state index contributed by atoms with van der Waals surface area (Å²) >= 11 is 0. The van der Waals surface area contributed by atoms with Crippen LogP contribution in [-0.2, 0) is 16.1 Å². The van der Waals surface area contributed by atoms with Gasteiger partial charge in [0.25, 0.3) is 0 Å². The number of carbonyl (C=O) groups is 1. The van der Waals surface area contributed by atoms with E-state index in [9.17, 15) is 9.18 Å².